The number of carboxylic acids is 1. The number of hydrogen-bond acceptors (Lipinski definition) is 3. The van der Waals surface area contributed by atoms with Crippen molar-refractivity contribution in [3.05, 3.63) is 24.2 Å². The first-order valence-electron chi connectivity index (χ1n) is 6.58. The highest BCUT2D eigenvalue weighted by molar-refractivity contribution is 5.74. The summed E-state index contributed by atoms with van der Waals surface area (Å²) in [6, 6.07) is 2.27. The molecule has 100 valence electrons. The van der Waals surface area contributed by atoms with E-state index < -0.39 is 11.4 Å². The van der Waals surface area contributed by atoms with Crippen LogP contribution < -0.4 is 0 Å². The number of likely N-dealkylation sites (tertiary alicyclic amines) is 1. The van der Waals surface area contributed by atoms with Gasteiger partial charge in [0.15, 0.2) is 0 Å². The number of carboxylic acid groups (broad SMARTS) is 1. The minimum atomic E-state index is -0.638. The summed E-state index contributed by atoms with van der Waals surface area (Å²) in [6.07, 6.45) is 5.64. The van der Waals surface area contributed by atoms with Gasteiger partial charge in [0.25, 0.3) is 0 Å². The highest BCUT2D eigenvalue weighted by Gasteiger charge is 2.40. The predicted octanol–water partition coefficient (Wildman–Crippen LogP) is 2.92. The van der Waals surface area contributed by atoms with Crippen molar-refractivity contribution in [3.63, 3.8) is 0 Å². The Morgan fingerprint density at radius 2 is 2.22 bits per heavy atom. The zero-order chi connectivity index (χ0) is 13.2. The highest BCUT2D eigenvalue weighted by atomic mass is 16.4. The standard InChI is InChI=1S/C14H21NO3/c1-3-14(13(16)17)5-7-15(8-6-14)11(2)12-4-9-18-10-12/h4,9-11H,3,5-8H2,1-2H3,(H,16,17). The maximum atomic E-state index is 11.4. The van der Waals surface area contributed by atoms with Crippen LogP contribution in [-0.2, 0) is 4.79 Å². The Bertz CT molecular complexity index is 391. The lowest BCUT2D eigenvalue weighted by Gasteiger charge is -2.40. The zero-order valence-corrected chi connectivity index (χ0v) is 11.1. The van der Waals surface area contributed by atoms with Gasteiger partial charge in [-0.05, 0) is 45.3 Å². The quantitative estimate of drug-likeness (QED) is 0.894. The number of aliphatic carboxylic acids is 1. The van der Waals surface area contributed by atoms with Gasteiger partial charge in [0, 0.05) is 11.6 Å². The Kier molecular flexibility index (Phi) is 3.76. The summed E-state index contributed by atoms with van der Waals surface area (Å²) in [5.74, 6) is -0.638. The van der Waals surface area contributed by atoms with Gasteiger partial charge < -0.3 is 9.52 Å². The monoisotopic (exact) mass is 251 g/mol. The van der Waals surface area contributed by atoms with Crippen LogP contribution in [-0.4, -0.2) is 29.1 Å². The lowest BCUT2D eigenvalue weighted by atomic mass is 9.76. The normalized spacial score (nSPS) is 21.7. The van der Waals surface area contributed by atoms with E-state index in [-0.39, 0.29) is 0 Å². The van der Waals surface area contributed by atoms with E-state index in [9.17, 15) is 9.90 Å². The Morgan fingerprint density at radius 3 is 2.67 bits per heavy atom. The zero-order valence-electron chi connectivity index (χ0n) is 11.1. The van der Waals surface area contributed by atoms with Gasteiger partial charge in [0.05, 0.1) is 17.9 Å². The fourth-order valence-corrected chi connectivity index (χ4v) is 2.78. The third-order valence-electron chi connectivity index (χ3n) is 4.46. The number of nitrogens with zero attached hydrogens (tertiary/aromatic N) is 1. The van der Waals surface area contributed by atoms with Crippen molar-refractivity contribution in [2.24, 2.45) is 5.41 Å². The SMILES string of the molecule is CCC1(C(=O)O)CCN(C(C)c2ccoc2)CC1. The van der Waals surface area contributed by atoms with Gasteiger partial charge in [0.1, 0.15) is 0 Å². The number of furan rings is 1. The van der Waals surface area contributed by atoms with Gasteiger partial charge in [-0.25, -0.2) is 0 Å². The van der Waals surface area contributed by atoms with Crippen LogP contribution in [0.5, 0.6) is 0 Å². The fourth-order valence-electron chi connectivity index (χ4n) is 2.78. The lowest BCUT2D eigenvalue weighted by molar-refractivity contribution is -0.152. The molecule has 0 spiro atoms. The largest absolute Gasteiger partial charge is 0.481 e. The topological polar surface area (TPSA) is 53.7 Å². The Balaban J connectivity index is 2.00. The second-order valence-corrected chi connectivity index (χ2v) is 5.21. The summed E-state index contributed by atoms with van der Waals surface area (Å²) in [5.41, 5.74) is 0.654. The molecule has 1 unspecified atom stereocenters. The number of hydrogen-bond donors (Lipinski definition) is 1. The van der Waals surface area contributed by atoms with Crippen molar-refractivity contribution < 1.29 is 14.3 Å². The first-order valence-corrected chi connectivity index (χ1v) is 6.58. The molecule has 1 aromatic rings. The molecule has 1 aliphatic rings. The van der Waals surface area contributed by atoms with Crippen LogP contribution in [0.4, 0.5) is 0 Å². The minimum Gasteiger partial charge on any atom is -0.481 e. The molecule has 0 aromatic carbocycles. The molecule has 2 rings (SSSR count). The number of piperidine rings is 1. The van der Waals surface area contributed by atoms with Crippen LogP contribution in [0.3, 0.4) is 0 Å². The molecule has 2 heterocycles. The van der Waals surface area contributed by atoms with Crippen LogP contribution in [0, 0.1) is 5.41 Å². The summed E-state index contributed by atoms with van der Waals surface area (Å²) in [4.78, 5) is 13.7. The molecular formula is C14H21NO3. The molecule has 0 radical (unpaired) electrons. The molecular weight excluding hydrogens is 230 g/mol. The predicted molar refractivity (Wildman–Crippen MR) is 68.3 cm³/mol. The first kappa shape index (κ1) is 13.1. The molecule has 18 heavy (non-hydrogen) atoms. The summed E-state index contributed by atoms with van der Waals surface area (Å²) in [7, 11) is 0. The maximum absolute atomic E-state index is 11.4. The van der Waals surface area contributed by atoms with Gasteiger partial charge in [-0.1, -0.05) is 6.92 Å². The molecule has 0 saturated carbocycles. The van der Waals surface area contributed by atoms with Crippen molar-refractivity contribution in [3.8, 4) is 0 Å². The van der Waals surface area contributed by atoms with Crippen molar-refractivity contribution >= 4 is 5.97 Å². The summed E-state index contributed by atoms with van der Waals surface area (Å²) in [6.45, 7) is 5.80. The van der Waals surface area contributed by atoms with E-state index in [1.807, 2.05) is 13.0 Å². The molecule has 4 heteroatoms. The van der Waals surface area contributed by atoms with Crippen molar-refractivity contribution in [1.29, 1.82) is 0 Å². The third-order valence-corrected chi connectivity index (χ3v) is 4.46. The van der Waals surface area contributed by atoms with Crippen LogP contribution in [0.2, 0.25) is 0 Å². The molecule has 4 nitrogen and oxygen atoms in total. The molecule has 0 bridgehead atoms. The van der Waals surface area contributed by atoms with Crippen molar-refractivity contribution in [2.75, 3.05) is 13.1 Å². The van der Waals surface area contributed by atoms with Crippen LogP contribution in [0.1, 0.15) is 44.7 Å². The van der Waals surface area contributed by atoms with Crippen molar-refractivity contribution in [1.82, 2.24) is 4.90 Å². The van der Waals surface area contributed by atoms with Gasteiger partial charge in [-0.3, -0.25) is 9.69 Å². The average molecular weight is 251 g/mol. The molecule has 1 N–H and O–H groups in total. The maximum Gasteiger partial charge on any atom is 0.309 e. The second-order valence-electron chi connectivity index (χ2n) is 5.21. The number of rotatable bonds is 4. The van der Waals surface area contributed by atoms with E-state index >= 15 is 0 Å². The molecule has 0 amide bonds. The molecule has 1 aromatic heterocycles. The molecule has 1 aliphatic heterocycles. The van der Waals surface area contributed by atoms with E-state index in [1.165, 1.54) is 0 Å². The minimum absolute atomic E-state index is 0.299. The summed E-state index contributed by atoms with van der Waals surface area (Å²) >= 11 is 0. The Hall–Kier alpha value is -1.29. The molecule has 1 atom stereocenters. The van der Waals surface area contributed by atoms with Gasteiger partial charge in [-0.15, -0.1) is 0 Å². The molecule has 1 saturated heterocycles. The summed E-state index contributed by atoms with van der Waals surface area (Å²) < 4.78 is 5.11. The Labute approximate surface area is 108 Å². The van der Waals surface area contributed by atoms with E-state index in [4.69, 9.17) is 4.42 Å². The average Bonchev–Trinajstić information content (AvgIpc) is 2.91. The van der Waals surface area contributed by atoms with E-state index in [1.54, 1.807) is 12.5 Å². The number of carbonyl (C=O) groups is 1. The third kappa shape index (κ3) is 2.29. The molecule has 1 fully saturated rings. The molecule has 0 aliphatic carbocycles. The van der Waals surface area contributed by atoms with Crippen LogP contribution in [0.25, 0.3) is 0 Å². The first-order chi connectivity index (χ1) is 8.59. The highest BCUT2D eigenvalue weighted by Crippen LogP contribution is 2.37. The summed E-state index contributed by atoms with van der Waals surface area (Å²) in [5, 5.41) is 9.36. The Morgan fingerprint density at radius 1 is 1.56 bits per heavy atom. The van der Waals surface area contributed by atoms with Crippen molar-refractivity contribution in [2.45, 2.75) is 39.2 Å². The van der Waals surface area contributed by atoms with E-state index in [0.29, 0.717) is 6.04 Å². The van der Waals surface area contributed by atoms with Crippen LogP contribution >= 0.6 is 0 Å². The van der Waals surface area contributed by atoms with Gasteiger partial charge in [0.2, 0.25) is 0 Å². The van der Waals surface area contributed by atoms with E-state index in [0.717, 1.165) is 37.9 Å². The van der Waals surface area contributed by atoms with E-state index in [2.05, 4.69) is 11.8 Å². The second kappa shape index (κ2) is 5.14. The fraction of sp³-hybridized carbons (Fsp3) is 0.643. The van der Waals surface area contributed by atoms with Gasteiger partial charge >= 0.3 is 5.97 Å². The van der Waals surface area contributed by atoms with Crippen LogP contribution in [0.15, 0.2) is 23.0 Å². The van der Waals surface area contributed by atoms with Gasteiger partial charge in [-0.2, -0.15) is 0 Å². The smallest absolute Gasteiger partial charge is 0.309 e. The lowest BCUT2D eigenvalue weighted by Crippen LogP contribution is -2.44.